The molecule has 6 rings (SSSR count). The van der Waals surface area contributed by atoms with Gasteiger partial charge in [0.15, 0.2) is 5.82 Å². The van der Waals surface area contributed by atoms with Crippen molar-refractivity contribution in [2.24, 2.45) is 0 Å². The molecule has 0 amide bonds. The average molecular weight is 529 g/mol. The molecule has 2 fully saturated rings. The molecule has 1 saturated heterocycles. The molecule has 0 radical (unpaired) electrons. The lowest BCUT2D eigenvalue weighted by atomic mass is 9.97. The molecule has 1 aliphatic carbocycles. The van der Waals surface area contributed by atoms with Gasteiger partial charge in [0.1, 0.15) is 23.5 Å². The van der Waals surface area contributed by atoms with Gasteiger partial charge in [-0.3, -0.25) is 4.90 Å². The van der Waals surface area contributed by atoms with Crippen LogP contribution in [-0.4, -0.2) is 49.9 Å². The first-order chi connectivity index (χ1) is 18.6. The van der Waals surface area contributed by atoms with Gasteiger partial charge in [0.2, 0.25) is 5.88 Å². The molecule has 0 bridgehead atoms. The van der Waals surface area contributed by atoms with Crippen LogP contribution < -0.4 is 9.57 Å². The first-order valence-electron chi connectivity index (χ1n) is 13.2. The number of nitriles is 1. The molecule has 2 aliphatic rings. The summed E-state index contributed by atoms with van der Waals surface area (Å²) in [5, 5.41) is 10.0. The van der Waals surface area contributed by atoms with Crippen molar-refractivity contribution in [1.29, 1.82) is 5.26 Å². The highest BCUT2D eigenvalue weighted by Gasteiger charge is 2.26. The van der Waals surface area contributed by atoms with Crippen LogP contribution in [0.25, 0.3) is 11.0 Å². The second kappa shape index (κ2) is 11.0. The van der Waals surface area contributed by atoms with Gasteiger partial charge in [-0.05, 0) is 68.0 Å². The third-order valence-corrected chi connectivity index (χ3v) is 7.51. The van der Waals surface area contributed by atoms with E-state index in [0.29, 0.717) is 24.4 Å². The van der Waals surface area contributed by atoms with E-state index < -0.39 is 0 Å². The Bertz CT molecular complexity index is 1450. The lowest BCUT2D eigenvalue weighted by Gasteiger charge is -2.32. The zero-order valence-electron chi connectivity index (χ0n) is 21.1. The summed E-state index contributed by atoms with van der Waals surface area (Å²) >= 11 is 5.99. The van der Waals surface area contributed by atoms with E-state index in [4.69, 9.17) is 26.2 Å². The number of imidazole rings is 1. The zero-order valence-corrected chi connectivity index (χ0v) is 21.8. The average Bonchev–Trinajstić information content (AvgIpc) is 3.24. The molecule has 0 spiro atoms. The summed E-state index contributed by atoms with van der Waals surface area (Å²) in [4.78, 5) is 22.6. The molecular formula is C29H29ClN6O2. The van der Waals surface area contributed by atoms with E-state index in [9.17, 15) is 5.26 Å². The van der Waals surface area contributed by atoms with Crippen LogP contribution in [0.1, 0.15) is 54.9 Å². The number of fused-ring (bicyclic) bond motifs is 1. The number of likely N-dealkylation sites (tertiary alicyclic amines) is 1. The standard InChI is InChI=1S/C29H29ClN6O2/c30-22-7-4-20(5-8-22)17-27-32-13-10-29(34-27)37-23-11-14-35(15-12-23)19-28-33-25-16-21(18-31)6-9-26(25)36(28)38-24-2-1-3-24/h4-10,13,16,23-24H,1-3,11-12,14-15,17,19H2. The number of benzene rings is 2. The molecule has 9 heteroatoms. The highest BCUT2D eigenvalue weighted by molar-refractivity contribution is 6.30. The number of rotatable bonds is 8. The van der Waals surface area contributed by atoms with Gasteiger partial charge >= 0.3 is 0 Å². The quantitative estimate of drug-likeness (QED) is 0.319. The molecular weight excluding hydrogens is 500 g/mol. The topological polar surface area (TPSA) is 89.1 Å². The summed E-state index contributed by atoms with van der Waals surface area (Å²) in [6.07, 6.45) is 7.88. The van der Waals surface area contributed by atoms with Gasteiger partial charge in [-0.15, -0.1) is 0 Å². The highest BCUT2D eigenvalue weighted by Crippen LogP contribution is 2.25. The van der Waals surface area contributed by atoms with E-state index in [1.54, 1.807) is 6.20 Å². The number of hydrogen-bond donors (Lipinski definition) is 0. The van der Waals surface area contributed by atoms with Crippen LogP contribution >= 0.6 is 11.6 Å². The lowest BCUT2D eigenvalue weighted by Crippen LogP contribution is -2.39. The second-order valence-corrected chi connectivity index (χ2v) is 10.4. The monoisotopic (exact) mass is 528 g/mol. The summed E-state index contributed by atoms with van der Waals surface area (Å²) in [6.45, 7) is 2.47. The smallest absolute Gasteiger partial charge is 0.216 e. The third kappa shape index (κ3) is 5.59. The van der Waals surface area contributed by atoms with Crippen LogP contribution in [0.15, 0.2) is 54.7 Å². The fourth-order valence-corrected chi connectivity index (χ4v) is 5.02. The fourth-order valence-electron chi connectivity index (χ4n) is 4.89. The molecule has 3 heterocycles. The van der Waals surface area contributed by atoms with E-state index in [1.165, 1.54) is 6.42 Å². The van der Waals surface area contributed by atoms with Crippen LogP contribution in [-0.2, 0) is 13.0 Å². The van der Waals surface area contributed by atoms with Gasteiger partial charge in [0, 0.05) is 36.8 Å². The van der Waals surface area contributed by atoms with Gasteiger partial charge < -0.3 is 9.57 Å². The molecule has 8 nitrogen and oxygen atoms in total. The predicted molar refractivity (Wildman–Crippen MR) is 144 cm³/mol. The summed E-state index contributed by atoms with van der Waals surface area (Å²) in [5.41, 5.74) is 3.43. The second-order valence-electron chi connectivity index (χ2n) is 10.0. The van der Waals surface area contributed by atoms with Crippen LogP contribution in [0.2, 0.25) is 5.02 Å². The summed E-state index contributed by atoms with van der Waals surface area (Å²) in [7, 11) is 0. The molecule has 0 unspecified atom stereocenters. The van der Waals surface area contributed by atoms with Crippen molar-refractivity contribution in [3.05, 3.63) is 82.5 Å². The minimum atomic E-state index is 0.104. The highest BCUT2D eigenvalue weighted by atomic mass is 35.5. The van der Waals surface area contributed by atoms with Crippen molar-refractivity contribution in [1.82, 2.24) is 24.6 Å². The fraction of sp³-hybridized carbons (Fsp3) is 0.379. The van der Waals surface area contributed by atoms with E-state index in [1.807, 2.05) is 53.3 Å². The Balaban J connectivity index is 1.08. The minimum Gasteiger partial charge on any atom is -0.474 e. The van der Waals surface area contributed by atoms with E-state index in [2.05, 4.69) is 20.9 Å². The van der Waals surface area contributed by atoms with Crippen molar-refractivity contribution in [2.45, 2.75) is 57.3 Å². The number of aromatic nitrogens is 4. The number of hydrogen-bond acceptors (Lipinski definition) is 7. The maximum atomic E-state index is 9.30. The Hall–Kier alpha value is -3.67. The molecule has 38 heavy (non-hydrogen) atoms. The molecule has 1 aliphatic heterocycles. The third-order valence-electron chi connectivity index (χ3n) is 7.26. The molecule has 194 valence electrons. The van der Waals surface area contributed by atoms with Crippen molar-refractivity contribution in [3.8, 4) is 11.9 Å². The summed E-state index contributed by atoms with van der Waals surface area (Å²) in [6, 6.07) is 17.4. The van der Waals surface area contributed by atoms with Gasteiger partial charge in [0.05, 0.1) is 23.7 Å². The molecule has 2 aromatic carbocycles. The van der Waals surface area contributed by atoms with Crippen LogP contribution in [0, 0.1) is 11.3 Å². The Morgan fingerprint density at radius 2 is 1.79 bits per heavy atom. The molecule has 0 N–H and O–H groups in total. The minimum absolute atomic E-state index is 0.104. The van der Waals surface area contributed by atoms with Crippen molar-refractivity contribution in [3.63, 3.8) is 0 Å². The number of nitrogens with zero attached hydrogens (tertiary/aromatic N) is 6. The van der Waals surface area contributed by atoms with Gasteiger partial charge in [0.25, 0.3) is 0 Å². The van der Waals surface area contributed by atoms with Gasteiger partial charge in [-0.1, -0.05) is 23.7 Å². The maximum Gasteiger partial charge on any atom is 0.216 e. The van der Waals surface area contributed by atoms with Crippen molar-refractivity contribution in [2.75, 3.05) is 13.1 Å². The Kier molecular flexibility index (Phi) is 7.12. The van der Waals surface area contributed by atoms with Gasteiger partial charge in [-0.25, -0.2) is 9.97 Å². The largest absolute Gasteiger partial charge is 0.474 e. The summed E-state index contributed by atoms with van der Waals surface area (Å²) in [5.74, 6) is 2.22. The van der Waals surface area contributed by atoms with Crippen LogP contribution in [0.5, 0.6) is 5.88 Å². The van der Waals surface area contributed by atoms with Crippen molar-refractivity contribution < 1.29 is 9.57 Å². The summed E-state index contributed by atoms with van der Waals surface area (Å²) < 4.78 is 8.14. The normalized spacial score (nSPS) is 16.7. The molecule has 1 saturated carbocycles. The van der Waals surface area contributed by atoms with E-state index in [0.717, 1.165) is 72.0 Å². The number of ether oxygens (including phenoxy) is 1. The number of piperidine rings is 1. The molecule has 0 atom stereocenters. The first-order valence-corrected chi connectivity index (χ1v) is 13.5. The lowest BCUT2D eigenvalue weighted by molar-refractivity contribution is -0.0111. The van der Waals surface area contributed by atoms with Crippen LogP contribution in [0.3, 0.4) is 0 Å². The van der Waals surface area contributed by atoms with Crippen LogP contribution in [0.4, 0.5) is 0 Å². The first kappa shape index (κ1) is 24.7. The maximum absolute atomic E-state index is 9.30. The predicted octanol–water partition coefficient (Wildman–Crippen LogP) is 4.97. The van der Waals surface area contributed by atoms with E-state index >= 15 is 0 Å². The number of halogens is 1. The van der Waals surface area contributed by atoms with E-state index in [-0.39, 0.29) is 12.2 Å². The zero-order chi connectivity index (χ0) is 25.9. The Morgan fingerprint density at radius 1 is 0.974 bits per heavy atom. The Labute approximate surface area is 226 Å². The van der Waals surface area contributed by atoms with Crippen molar-refractivity contribution >= 4 is 22.6 Å². The SMILES string of the molecule is N#Cc1ccc2c(c1)nc(CN1CCC(Oc3ccnc(Cc4ccc(Cl)cc4)n3)CC1)n2OC1CCC1. The van der Waals surface area contributed by atoms with Gasteiger partial charge in [-0.2, -0.15) is 15.0 Å². The molecule has 2 aromatic heterocycles. The Morgan fingerprint density at radius 3 is 2.53 bits per heavy atom. The molecule has 4 aromatic rings.